The van der Waals surface area contributed by atoms with E-state index in [2.05, 4.69) is 10.6 Å². The lowest BCUT2D eigenvalue weighted by Crippen LogP contribution is -2.40. The summed E-state index contributed by atoms with van der Waals surface area (Å²) in [6.07, 6.45) is 0.167. The third-order valence-electron chi connectivity index (χ3n) is 3.02. The Hall–Kier alpha value is -2.14. The average molecular weight is 272 g/mol. The molecule has 1 unspecified atom stereocenters. The second kappa shape index (κ2) is 4.85. The van der Waals surface area contributed by atoms with Crippen LogP contribution in [-0.4, -0.2) is 17.7 Å². The van der Waals surface area contributed by atoms with E-state index >= 15 is 0 Å². The Balaban J connectivity index is 1.76. The van der Waals surface area contributed by atoms with Crippen molar-refractivity contribution in [2.45, 2.75) is 12.5 Å². The number of nitrogens with one attached hydrogen (secondary N) is 2. The number of carbonyl (C=O) groups is 2. The summed E-state index contributed by atoms with van der Waals surface area (Å²) in [5.41, 5.74) is 1.61. The number of carbonyl (C=O) groups excluding carboxylic acids is 2. The maximum absolute atomic E-state index is 12.0. The largest absolute Gasteiger partial charge is 0.372 e. The Morgan fingerprint density at radius 1 is 1.16 bits per heavy atom. The topological polar surface area (TPSA) is 58.2 Å². The predicted octanol–water partition coefficient (Wildman–Crippen LogP) is 2.75. The summed E-state index contributed by atoms with van der Waals surface area (Å²) in [7, 11) is 0. The molecule has 1 aliphatic rings. The zero-order valence-corrected chi connectivity index (χ0v) is 10.9. The van der Waals surface area contributed by atoms with E-state index in [1.807, 2.05) is 35.7 Å². The predicted molar refractivity (Wildman–Crippen MR) is 75.7 cm³/mol. The highest BCUT2D eigenvalue weighted by molar-refractivity contribution is 7.12. The Labute approximate surface area is 114 Å². The van der Waals surface area contributed by atoms with Crippen LogP contribution in [-0.2, 0) is 4.79 Å². The minimum Gasteiger partial charge on any atom is -0.372 e. The fourth-order valence-electron chi connectivity index (χ4n) is 2.06. The number of thiophene rings is 1. The van der Waals surface area contributed by atoms with E-state index in [-0.39, 0.29) is 18.1 Å². The molecule has 1 aliphatic heterocycles. The van der Waals surface area contributed by atoms with Crippen LogP contribution in [0.2, 0.25) is 0 Å². The van der Waals surface area contributed by atoms with Crippen LogP contribution < -0.4 is 10.6 Å². The SMILES string of the molecule is O=C(CC1Nc2ccccc2NC1=O)c1cccs1. The van der Waals surface area contributed by atoms with Gasteiger partial charge in [0.15, 0.2) is 5.78 Å². The van der Waals surface area contributed by atoms with Gasteiger partial charge in [-0.1, -0.05) is 18.2 Å². The van der Waals surface area contributed by atoms with Gasteiger partial charge in [-0.05, 0) is 23.6 Å². The number of rotatable bonds is 3. The Kier molecular flexibility index (Phi) is 3.05. The van der Waals surface area contributed by atoms with Crippen LogP contribution in [0.3, 0.4) is 0 Å². The zero-order chi connectivity index (χ0) is 13.2. The van der Waals surface area contributed by atoms with Crippen LogP contribution in [0.4, 0.5) is 11.4 Å². The number of benzene rings is 1. The zero-order valence-electron chi connectivity index (χ0n) is 10.1. The normalized spacial score (nSPS) is 17.3. The van der Waals surface area contributed by atoms with Gasteiger partial charge in [-0.15, -0.1) is 11.3 Å². The molecule has 4 nitrogen and oxygen atoms in total. The summed E-state index contributed by atoms with van der Waals surface area (Å²) in [6.45, 7) is 0. The van der Waals surface area contributed by atoms with Crippen LogP contribution in [0.5, 0.6) is 0 Å². The van der Waals surface area contributed by atoms with Gasteiger partial charge < -0.3 is 10.6 Å². The Morgan fingerprint density at radius 2 is 1.95 bits per heavy atom. The second-order valence-electron chi connectivity index (χ2n) is 4.34. The highest BCUT2D eigenvalue weighted by Gasteiger charge is 2.27. The summed E-state index contributed by atoms with van der Waals surface area (Å²) in [5, 5.41) is 7.78. The average Bonchev–Trinajstić information content (AvgIpc) is 2.93. The first-order chi connectivity index (χ1) is 9.24. The lowest BCUT2D eigenvalue weighted by Gasteiger charge is -2.26. The van der Waals surface area contributed by atoms with Gasteiger partial charge in [0.05, 0.1) is 16.3 Å². The number of hydrogen-bond acceptors (Lipinski definition) is 4. The Bertz CT molecular complexity index is 622. The Morgan fingerprint density at radius 3 is 2.68 bits per heavy atom. The van der Waals surface area contributed by atoms with Crippen molar-refractivity contribution < 1.29 is 9.59 Å². The molecule has 1 amide bonds. The number of ketones is 1. The van der Waals surface area contributed by atoms with Crippen LogP contribution in [0.15, 0.2) is 41.8 Å². The van der Waals surface area contributed by atoms with Crippen LogP contribution in [0.25, 0.3) is 0 Å². The number of Topliss-reactive ketones (excluding diaryl/α,β-unsaturated/α-hetero) is 1. The first kappa shape index (κ1) is 11.9. The first-order valence-electron chi connectivity index (χ1n) is 5.97. The monoisotopic (exact) mass is 272 g/mol. The van der Waals surface area contributed by atoms with Crippen molar-refractivity contribution in [1.82, 2.24) is 0 Å². The van der Waals surface area contributed by atoms with E-state index in [1.54, 1.807) is 6.07 Å². The highest BCUT2D eigenvalue weighted by Crippen LogP contribution is 2.27. The van der Waals surface area contributed by atoms with E-state index in [0.717, 1.165) is 11.4 Å². The molecule has 2 N–H and O–H groups in total. The first-order valence-corrected chi connectivity index (χ1v) is 6.85. The van der Waals surface area contributed by atoms with Crippen molar-refractivity contribution in [3.8, 4) is 0 Å². The smallest absolute Gasteiger partial charge is 0.247 e. The summed E-state index contributed by atoms with van der Waals surface area (Å²) in [4.78, 5) is 24.7. The van der Waals surface area contributed by atoms with Gasteiger partial charge in [0.1, 0.15) is 6.04 Å². The second-order valence-corrected chi connectivity index (χ2v) is 5.28. The maximum atomic E-state index is 12.0. The van der Waals surface area contributed by atoms with Crippen molar-refractivity contribution in [1.29, 1.82) is 0 Å². The molecular weight excluding hydrogens is 260 g/mol. The molecule has 0 bridgehead atoms. The molecule has 2 aromatic rings. The molecule has 0 radical (unpaired) electrons. The van der Waals surface area contributed by atoms with E-state index < -0.39 is 6.04 Å². The van der Waals surface area contributed by atoms with Gasteiger partial charge >= 0.3 is 0 Å². The molecule has 1 aromatic heterocycles. The highest BCUT2D eigenvalue weighted by atomic mass is 32.1. The summed E-state index contributed by atoms with van der Waals surface area (Å²) in [5.74, 6) is -0.175. The van der Waals surface area contributed by atoms with Gasteiger partial charge in [0.2, 0.25) is 5.91 Å². The molecule has 1 atom stereocenters. The van der Waals surface area contributed by atoms with E-state index in [0.29, 0.717) is 4.88 Å². The van der Waals surface area contributed by atoms with Crippen LogP contribution >= 0.6 is 11.3 Å². The molecule has 0 saturated heterocycles. The fraction of sp³-hybridized carbons (Fsp3) is 0.143. The molecule has 3 rings (SSSR count). The standard InChI is InChI=1S/C14H12N2O2S/c17-12(13-6-3-7-19-13)8-11-14(18)16-10-5-2-1-4-9(10)15-11/h1-7,11,15H,8H2,(H,16,18). The third-order valence-corrected chi connectivity index (χ3v) is 3.93. The number of para-hydroxylation sites is 2. The molecular formula is C14H12N2O2S. The maximum Gasteiger partial charge on any atom is 0.247 e. The quantitative estimate of drug-likeness (QED) is 0.845. The van der Waals surface area contributed by atoms with E-state index in [4.69, 9.17) is 0 Å². The van der Waals surface area contributed by atoms with Crippen LogP contribution in [0.1, 0.15) is 16.1 Å². The van der Waals surface area contributed by atoms with Crippen molar-refractivity contribution in [3.05, 3.63) is 46.7 Å². The van der Waals surface area contributed by atoms with Gasteiger partial charge in [0.25, 0.3) is 0 Å². The molecule has 5 heteroatoms. The van der Waals surface area contributed by atoms with Crippen molar-refractivity contribution in [2.75, 3.05) is 10.6 Å². The fourth-order valence-corrected chi connectivity index (χ4v) is 2.73. The van der Waals surface area contributed by atoms with Crippen molar-refractivity contribution in [3.63, 3.8) is 0 Å². The molecule has 0 spiro atoms. The van der Waals surface area contributed by atoms with E-state index in [9.17, 15) is 9.59 Å². The van der Waals surface area contributed by atoms with Gasteiger partial charge in [-0.25, -0.2) is 0 Å². The minimum atomic E-state index is -0.510. The minimum absolute atomic E-state index is 0.0120. The molecule has 2 heterocycles. The van der Waals surface area contributed by atoms with Gasteiger partial charge in [-0.3, -0.25) is 9.59 Å². The summed E-state index contributed by atoms with van der Waals surface area (Å²) in [6, 6.07) is 10.6. The van der Waals surface area contributed by atoms with Crippen LogP contribution in [0, 0.1) is 0 Å². The van der Waals surface area contributed by atoms with Crippen molar-refractivity contribution >= 4 is 34.4 Å². The molecule has 0 aliphatic carbocycles. The number of anilines is 2. The lowest BCUT2D eigenvalue weighted by atomic mass is 10.1. The molecule has 0 fully saturated rings. The molecule has 19 heavy (non-hydrogen) atoms. The molecule has 0 saturated carbocycles. The summed E-state index contributed by atoms with van der Waals surface area (Å²) >= 11 is 1.40. The number of hydrogen-bond donors (Lipinski definition) is 2. The van der Waals surface area contributed by atoms with E-state index in [1.165, 1.54) is 11.3 Å². The van der Waals surface area contributed by atoms with Gasteiger partial charge in [0, 0.05) is 6.42 Å². The molecule has 96 valence electrons. The lowest BCUT2D eigenvalue weighted by molar-refractivity contribution is -0.117. The van der Waals surface area contributed by atoms with Gasteiger partial charge in [-0.2, -0.15) is 0 Å². The third kappa shape index (κ3) is 2.37. The summed E-state index contributed by atoms with van der Waals surface area (Å²) < 4.78 is 0. The molecule has 1 aromatic carbocycles. The van der Waals surface area contributed by atoms with Crippen molar-refractivity contribution in [2.24, 2.45) is 0 Å². The number of fused-ring (bicyclic) bond motifs is 1. The number of amides is 1.